The minimum Gasteiger partial charge on any atom is -0.309 e. The lowest BCUT2D eigenvalue weighted by Gasteiger charge is -2.14. The number of benzene rings is 8. The molecule has 0 bridgehead atoms. The SMILES string of the molecule is c1ccc(-c2cc(-c3ccccc3)cc(-n3c4ccc5c6ccccc6ccc5c4c4c5cnn(-c6ccccc6)c5ccc43)c2)cc1. The number of para-hydroxylation sites is 1. The number of rotatable bonds is 4. The van der Waals surface area contributed by atoms with Gasteiger partial charge in [0.05, 0.1) is 28.4 Å². The lowest BCUT2D eigenvalue weighted by atomic mass is 9.97. The van der Waals surface area contributed by atoms with Crippen LogP contribution in [0.1, 0.15) is 0 Å². The van der Waals surface area contributed by atoms with E-state index in [1.807, 2.05) is 12.3 Å². The lowest BCUT2D eigenvalue weighted by Crippen LogP contribution is -1.97. The van der Waals surface area contributed by atoms with Crippen LogP contribution in [-0.4, -0.2) is 14.3 Å². The third-order valence-electron chi connectivity index (χ3n) is 9.76. The molecular formula is C45H29N3. The van der Waals surface area contributed by atoms with Crippen LogP contribution < -0.4 is 0 Å². The van der Waals surface area contributed by atoms with Crippen LogP contribution in [0.25, 0.3) is 87.9 Å². The summed E-state index contributed by atoms with van der Waals surface area (Å²) in [5.74, 6) is 0. The van der Waals surface area contributed by atoms with E-state index in [2.05, 4.69) is 173 Å². The molecule has 0 unspecified atom stereocenters. The molecule has 0 amide bonds. The Morgan fingerprint density at radius 2 is 0.917 bits per heavy atom. The van der Waals surface area contributed by atoms with Gasteiger partial charge in [-0.1, -0.05) is 121 Å². The molecule has 0 saturated heterocycles. The first-order valence-electron chi connectivity index (χ1n) is 16.4. The fourth-order valence-electron chi connectivity index (χ4n) is 7.58. The second kappa shape index (κ2) is 10.5. The monoisotopic (exact) mass is 611 g/mol. The zero-order valence-corrected chi connectivity index (χ0v) is 26.1. The summed E-state index contributed by atoms with van der Waals surface area (Å²) in [6.07, 6.45) is 2.05. The van der Waals surface area contributed by atoms with E-state index in [0.717, 1.165) is 27.8 Å². The minimum absolute atomic E-state index is 1.05. The Morgan fingerprint density at radius 3 is 1.62 bits per heavy atom. The highest BCUT2D eigenvalue weighted by Crippen LogP contribution is 2.43. The second-order valence-electron chi connectivity index (χ2n) is 12.5. The molecule has 0 atom stereocenters. The Kier molecular flexibility index (Phi) is 5.87. The molecule has 3 nitrogen and oxygen atoms in total. The standard InChI is InChI=1S/C45H29N3/c1-4-12-30(13-5-1)33-26-34(31-14-6-2-7-15-31)28-36(27-33)47-42-23-22-38-37-19-11-10-16-32(37)20-21-39(38)44(42)45-40-29-46-48(35-17-8-3-9-18-35)41(40)24-25-43(45)47/h1-29H. The van der Waals surface area contributed by atoms with Gasteiger partial charge in [-0.25, -0.2) is 4.68 Å². The van der Waals surface area contributed by atoms with E-state index in [-0.39, 0.29) is 0 Å². The van der Waals surface area contributed by atoms with Crippen LogP contribution in [-0.2, 0) is 0 Å². The highest BCUT2D eigenvalue weighted by Gasteiger charge is 2.21. The maximum absolute atomic E-state index is 4.95. The quantitative estimate of drug-likeness (QED) is 0.182. The highest BCUT2D eigenvalue weighted by atomic mass is 15.3. The van der Waals surface area contributed by atoms with Crippen LogP contribution >= 0.6 is 0 Å². The molecule has 0 radical (unpaired) electrons. The van der Waals surface area contributed by atoms with E-state index in [9.17, 15) is 0 Å². The van der Waals surface area contributed by atoms with Gasteiger partial charge < -0.3 is 4.57 Å². The first kappa shape index (κ1) is 26.7. The predicted octanol–water partition coefficient (Wildman–Crippen LogP) is 11.8. The fourth-order valence-corrected chi connectivity index (χ4v) is 7.58. The number of aromatic nitrogens is 3. The average Bonchev–Trinajstić information content (AvgIpc) is 3.75. The zero-order valence-electron chi connectivity index (χ0n) is 26.1. The maximum Gasteiger partial charge on any atom is 0.0748 e. The van der Waals surface area contributed by atoms with Crippen molar-refractivity contribution in [2.24, 2.45) is 0 Å². The Bertz CT molecular complexity index is 2750. The van der Waals surface area contributed by atoms with Crippen molar-refractivity contribution in [3.8, 4) is 33.6 Å². The average molecular weight is 612 g/mol. The maximum atomic E-state index is 4.95. The molecule has 48 heavy (non-hydrogen) atoms. The van der Waals surface area contributed by atoms with Crippen molar-refractivity contribution >= 4 is 54.3 Å². The smallest absolute Gasteiger partial charge is 0.0748 e. The Balaban J connectivity index is 1.35. The van der Waals surface area contributed by atoms with E-state index < -0.39 is 0 Å². The summed E-state index contributed by atoms with van der Waals surface area (Å²) in [5, 5.41) is 13.6. The molecule has 0 aliphatic rings. The molecule has 0 N–H and O–H groups in total. The van der Waals surface area contributed by atoms with Gasteiger partial charge in [0.25, 0.3) is 0 Å². The summed E-state index contributed by atoms with van der Waals surface area (Å²) in [4.78, 5) is 0. The zero-order chi connectivity index (χ0) is 31.6. The van der Waals surface area contributed by atoms with Gasteiger partial charge in [-0.3, -0.25) is 0 Å². The van der Waals surface area contributed by atoms with E-state index in [0.29, 0.717) is 0 Å². The number of fused-ring (bicyclic) bond motifs is 9. The minimum atomic E-state index is 1.05. The van der Waals surface area contributed by atoms with E-state index in [1.165, 1.54) is 60.1 Å². The Morgan fingerprint density at radius 1 is 0.354 bits per heavy atom. The van der Waals surface area contributed by atoms with Gasteiger partial charge in [-0.15, -0.1) is 0 Å². The molecule has 10 rings (SSSR count). The number of hydrogen-bond donors (Lipinski definition) is 0. The van der Waals surface area contributed by atoms with E-state index >= 15 is 0 Å². The molecule has 3 heteroatoms. The van der Waals surface area contributed by atoms with Gasteiger partial charge >= 0.3 is 0 Å². The third kappa shape index (κ3) is 4.04. The van der Waals surface area contributed by atoms with Crippen molar-refractivity contribution in [1.29, 1.82) is 0 Å². The molecule has 0 spiro atoms. The van der Waals surface area contributed by atoms with Crippen LogP contribution in [0.3, 0.4) is 0 Å². The van der Waals surface area contributed by atoms with Crippen molar-refractivity contribution in [1.82, 2.24) is 14.3 Å². The normalized spacial score (nSPS) is 11.8. The van der Waals surface area contributed by atoms with Crippen molar-refractivity contribution in [2.45, 2.75) is 0 Å². The van der Waals surface area contributed by atoms with E-state index in [1.54, 1.807) is 0 Å². The molecule has 224 valence electrons. The predicted molar refractivity (Wildman–Crippen MR) is 201 cm³/mol. The molecule has 0 saturated carbocycles. The summed E-state index contributed by atoms with van der Waals surface area (Å²) < 4.78 is 4.51. The molecule has 10 aromatic rings. The van der Waals surface area contributed by atoms with Crippen LogP contribution in [0, 0.1) is 0 Å². The van der Waals surface area contributed by atoms with Crippen molar-refractivity contribution in [3.05, 3.63) is 176 Å². The van der Waals surface area contributed by atoms with Crippen LogP contribution in [0.5, 0.6) is 0 Å². The molecule has 8 aromatic carbocycles. The van der Waals surface area contributed by atoms with Crippen LogP contribution in [0.4, 0.5) is 0 Å². The Labute approximate surface area is 277 Å². The van der Waals surface area contributed by atoms with Crippen LogP contribution in [0.2, 0.25) is 0 Å². The molecule has 0 aliphatic heterocycles. The van der Waals surface area contributed by atoms with Crippen LogP contribution in [0.15, 0.2) is 176 Å². The molecule has 2 aromatic heterocycles. The fraction of sp³-hybridized carbons (Fsp3) is 0. The van der Waals surface area contributed by atoms with Gasteiger partial charge in [0, 0.05) is 21.8 Å². The summed E-state index contributed by atoms with van der Waals surface area (Å²) in [6, 6.07) is 61.2. The van der Waals surface area contributed by atoms with Crippen molar-refractivity contribution < 1.29 is 0 Å². The third-order valence-corrected chi connectivity index (χ3v) is 9.76. The highest BCUT2D eigenvalue weighted by molar-refractivity contribution is 6.30. The lowest BCUT2D eigenvalue weighted by molar-refractivity contribution is 0.911. The molecular weight excluding hydrogens is 583 g/mol. The number of nitrogens with zero attached hydrogens (tertiary/aromatic N) is 3. The van der Waals surface area contributed by atoms with Gasteiger partial charge in [0.1, 0.15) is 0 Å². The molecule has 2 heterocycles. The molecule has 0 aliphatic carbocycles. The summed E-state index contributed by atoms with van der Waals surface area (Å²) >= 11 is 0. The van der Waals surface area contributed by atoms with Gasteiger partial charge in [-0.05, 0) is 92.3 Å². The first-order chi connectivity index (χ1) is 23.8. The second-order valence-corrected chi connectivity index (χ2v) is 12.5. The molecule has 0 fully saturated rings. The number of hydrogen-bond acceptors (Lipinski definition) is 1. The summed E-state index contributed by atoms with van der Waals surface area (Å²) in [6.45, 7) is 0. The van der Waals surface area contributed by atoms with Gasteiger partial charge in [-0.2, -0.15) is 5.10 Å². The first-order valence-corrected chi connectivity index (χ1v) is 16.4. The van der Waals surface area contributed by atoms with Gasteiger partial charge in [0.2, 0.25) is 0 Å². The topological polar surface area (TPSA) is 22.8 Å². The van der Waals surface area contributed by atoms with Gasteiger partial charge in [0.15, 0.2) is 0 Å². The van der Waals surface area contributed by atoms with Crippen molar-refractivity contribution in [2.75, 3.05) is 0 Å². The summed E-state index contributed by atoms with van der Waals surface area (Å²) in [7, 11) is 0. The Hall–Kier alpha value is -6.45. The van der Waals surface area contributed by atoms with Crippen molar-refractivity contribution in [3.63, 3.8) is 0 Å². The summed E-state index contributed by atoms with van der Waals surface area (Å²) in [5.41, 5.74) is 10.4. The largest absolute Gasteiger partial charge is 0.309 e. The van der Waals surface area contributed by atoms with E-state index in [4.69, 9.17) is 5.10 Å².